The van der Waals surface area contributed by atoms with Crippen molar-refractivity contribution < 1.29 is 14.7 Å². The van der Waals surface area contributed by atoms with Crippen molar-refractivity contribution in [1.82, 2.24) is 5.32 Å². The highest BCUT2D eigenvalue weighted by atomic mass is 127. The minimum atomic E-state index is -0.997. The molecule has 1 amide bonds. The number of carboxylic acids is 1. The number of rotatable bonds is 5. The first-order valence-electron chi connectivity index (χ1n) is 5.75. The first kappa shape index (κ1) is 14.9. The van der Waals surface area contributed by atoms with E-state index in [0.717, 1.165) is 3.57 Å². The number of amides is 1. The van der Waals surface area contributed by atoms with E-state index < -0.39 is 12.0 Å². The van der Waals surface area contributed by atoms with Gasteiger partial charge in [-0.1, -0.05) is 26.3 Å². The van der Waals surface area contributed by atoms with Crippen LogP contribution < -0.4 is 5.32 Å². The predicted molar refractivity (Wildman–Crippen MR) is 77.5 cm³/mol. The van der Waals surface area contributed by atoms with Crippen LogP contribution in [0.15, 0.2) is 24.3 Å². The molecule has 0 heterocycles. The van der Waals surface area contributed by atoms with Gasteiger partial charge in [0.1, 0.15) is 6.04 Å². The fraction of sp³-hybridized carbons (Fsp3) is 0.385. The van der Waals surface area contributed by atoms with Crippen LogP contribution in [0.2, 0.25) is 0 Å². The van der Waals surface area contributed by atoms with Crippen molar-refractivity contribution in [2.45, 2.75) is 26.3 Å². The fourth-order valence-corrected chi connectivity index (χ4v) is 2.08. The molecule has 0 aromatic heterocycles. The first-order chi connectivity index (χ1) is 8.45. The summed E-state index contributed by atoms with van der Waals surface area (Å²) in [5.41, 5.74) is 0.483. The van der Waals surface area contributed by atoms with E-state index in [-0.39, 0.29) is 11.8 Å². The van der Waals surface area contributed by atoms with Gasteiger partial charge in [-0.05, 0) is 46.7 Å². The molecule has 1 aromatic rings. The Morgan fingerprint density at radius 1 is 1.44 bits per heavy atom. The molecule has 0 saturated heterocycles. The summed E-state index contributed by atoms with van der Waals surface area (Å²) in [6.45, 7) is 3.71. The molecule has 0 spiro atoms. The Morgan fingerprint density at radius 2 is 2.11 bits per heavy atom. The summed E-state index contributed by atoms with van der Waals surface area (Å²) < 4.78 is 0.940. The second-order valence-electron chi connectivity index (χ2n) is 4.19. The molecule has 0 bridgehead atoms. The van der Waals surface area contributed by atoms with Crippen LogP contribution in [0.5, 0.6) is 0 Å². The Hall–Kier alpha value is -1.11. The number of aliphatic carboxylic acids is 1. The quantitative estimate of drug-likeness (QED) is 0.793. The average Bonchev–Trinajstić information content (AvgIpc) is 2.34. The average molecular weight is 361 g/mol. The van der Waals surface area contributed by atoms with Gasteiger partial charge in [-0.2, -0.15) is 0 Å². The number of hydrogen-bond donors (Lipinski definition) is 2. The molecular weight excluding hydrogens is 345 g/mol. The lowest BCUT2D eigenvalue weighted by Gasteiger charge is -2.20. The van der Waals surface area contributed by atoms with Crippen molar-refractivity contribution in [2.75, 3.05) is 0 Å². The maximum atomic E-state index is 12.0. The van der Waals surface area contributed by atoms with Crippen LogP contribution in [0, 0.1) is 9.49 Å². The lowest BCUT2D eigenvalue weighted by Crippen LogP contribution is -2.45. The van der Waals surface area contributed by atoms with Gasteiger partial charge in [-0.3, -0.25) is 4.79 Å². The van der Waals surface area contributed by atoms with Crippen LogP contribution in [-0.2, 0) is 4.79 Å². The molecule has 0 radical (unpaired) electrons. The van der Waals surface area contributed by atoms with Gasteiger partial charge in [0.05, 0.1) is 0 Å². The first-order valence-corrected chi connectivity index (χ1v) is 6.82. The zero-order valence-electron chi connectivity index (χ0n) is 10.3. The molecule has 2 N–H and O–H groups in total. The summed E-state index contributed by atoms with van der Waals surface area (Å²) in [6, 6.07) is 6.20. The molecule has 0 fully saturated rings. The van der Waals surface area contributed by atoms with Crippen LogP contribution >= 0.6 is 22.6 Å². The maximum Gasteiger partial charge on any atom is 0.326 e. The summed E-state index contributed by atoms with van der Waals surface area (Å²) in [5, 5.41) is 11.7. The molecule has 0 aliphatic rings. The van der Waals surface area contributed by atoms with Crippen LogP contribution in [0.25, 0.3) is 0 Å². The molecule has 2 atom stereocenters. The molecule has 1 rings (SSSR count). The van der Waals surface area contributed by atoms with Crippen LogP contribution in [-0.4, -0.2) is 23.0 Å². The van der Waals surface area contributed by atoms with E-state index in [1.807, 2.05) is 19.9 Å². The number of nitrogens with one attached hydrogen (secondary N) is 1. The van der Waals surface area contributed by atoms with E-state index in [1.54, 1.807) is 18.2 Å². The molecule has 18 heavy (non-hydrogen) atoms. The van der Waals surface area contributed by atoms with E-state index in [9.17, 15) is 9.59 Å². The monoisotopic (exact) mass is 361 g/mol. The zero-order chi connectivity index (χ0) is 13.7. The van der Waals surface area contributed by atoms with Crippen molar-refractivity contribution in [3.8, 4) is 0 Å². The van der Waals surface area contributed by atoms with Gasteiger partial charge in [0.15, 0.2) is 0 Å². The molecule has 5 heteroatoms. The Labute approximate surface area is 120 Å². The van der Waals surface area contributed by atoms with E-state index in [4.69, 9.17) is 5.11 Å². The van der Waals surface area contributed by atoms with Crippen LogP contribution in [0.3, 0.4) is 0 Å². The second-order valence-corrected chi connectivity index (χ2v) is 5.43. The molecule has 0 unspecified atom stereocenters. The van der Waals surface area contributed by atoms with E-state index in [2.05, 4.69) is 27.9 Å². The minimum Gasteiger partial charge on any atom is -0.480 e. The molecular formula is C13H16INO3. The third kappa shape index (κ3) is 3.97. The molecule has 0 saturated carbocycles. The van der Waals surface area contributed by atoms with E-state index in [1.165, 1.54) is 0 Å². The molecule has 0 aliphatic carbocycles. The third-order valence-electron chi connectivity index (χ3n) is 2.85. The summed E-state index contributed by atoms with van der Waals surface area (Å²) in [4.78, 5) is 23.1. The van der Waals surface area contributed by atoms with E-state index >= 15 is 0 Å². The molecule has 1 aromatic carbocycles. The van der Waals surface area contributed by atoms with Crippen molar-refractivity contribution in [3.63, 3.8) is 0 Å². The lowest BCUT2D eigenvalue weighted by molar-refractivity contribution is -0.140. The number of carboxylic acid groups (broad SMARTS) is 1. The van der Waals surface area contributed by atoms with Crippen LogP contribution in [0.1, 0.15) is 30.6 Å². The fourth-order valence-electron chi connectivity index (χ4n) is 1.54. The Balaban J connectivity index is 2.82. The number of carbonyl (C=O) groups is 2. The SMILES string of the molecule is CC[C@H](C)[C@H](NC(=O)c1cccc(I)c1)C(=O)O. The van der Waals surface area contributed by atoms with Crippen molar-refractivity contribution >= 4 is 34.5 Å². The lowest BCUT2D eigenvalue weighted by atomic mass is 9.99. The Bertz CT molecular complexity index is 448. The number of benzene rings is 1. The normalized spacial score (nSPS) is 13.7. The summed E-state index contributed by atoms with van der Waals surface area (Å²) in [7, 11) is 0. The van der Waals surface area contributed by atoms with E-state index in [0.29, 0.717) is 12.0 Å². The van der Waals surface area contributed by atoms with Gasteiger partial charge in [-0.25, -0.2) is 4.79 Å². The van der Waals surface area contributed by atoms with Crippen molar-refractivity contribution in [1.29, 1.82) is 0 Å². The Kier molecular flexibility index (Phi) is 5.58. The Morgan fingerprint density at radius 3 is 2.61 bits per heavy atom. The van der Waals surface area contributed by atoms with Crippen LogP contribution in [0.4, 0.5) is 0 Å². The van der Waals surface area contributed by atoms with Gasteiger partial charge < -0.3 is 10.4 Å². The number of hydrogen-bond acceptors (Lipinski definition) is 2. The predicted octanol–water partition coefficient (Wildman–Crippen LogP) is 2.52. The van der Waals surface area contributed by atoms with Gasteiger partial charge >= 0.3 is 5.97 Å². The number of carbonyl (C=O) groups excluding carboxylic acids is 1. The topological polar surface area (TPSA) is 66.4 Å². The smallest absolute Gasteiger partial charge is 0.326 e. The highest BCUT2D eigenvalue weighted by Crippen LogP contribution is 2.11. The largest absolute Gasteiger partial charge is 0.480 e. The van der Waals surface area contributed by atoms with Gasteiger partial charge in [0, 0.05) is 9.13 Å². The maximum absolute atomic E-state index is 12.0. The van der Waals surface area contributed by atoms with Crippen molar-refractivity contribution in [3.05, 3.63) is 33.4 Å². The highest BCUT2D eigenvalue weighted by molar-refractivity contribution is 14.1. The summed E-state index contributed by atoms with van der Waals surface area (Å²) >= 11 is 2.11. The van der Waals surface area contributed by atoms with Gasteiger partial charge in [-0.15, -0.1) is 0 Å². The zero-order valence-corrected chi connectivity index (χ0v) is 12.5. The standard InChI is InChI=1S/C13H16INO3/c1-3-8(2)11(13(17)18)15-12(16)9-5-4-6-10(14)7-9/h4-8,11H,3H2,1-2H3,(H,15,16)(H,17,18)/t8-,11-/m0/s1. The van der Waals surface area contributed by atoms with Gasteiger partial charge in [0.25, 0.3) is 5.91 Å². The second kappa shape index (κ2) is 6.72. The van der Waals surface area contributed by atoms with Crippen molar-refractivity contribution in [2.24, 2.45) is 5.92 Å². The number of halogens is 1. The third-order valence-corrected chi connectivity index (χ3v) is 3.52. The summed E-state index contributed by atoms with van der Waals surface area (Å²) in [5.74, 6) is -1.45. The highest BCUT2D eigenvalue weighted by Gasteiger charge is 2.25. The summed E-state index contributed by atoms with van der Waals surface area (Å²) in [6.07, 6.45) is 0.698. The van der Waals surface area contributed by atoms with Gasteiger partial charge in [0.2, 0.25) is 0 Å². The molecule has 98 valence electrons. The minimum absolute atomic E-state index is 0.103. The molecule has 4 nitrogen and oxygen atoms in total. The molecule has 0 aliphatic heterocycles.